The van der Waals surface area contributed by atoms with Crippen LogP contribution in [-0.2, 0) is 0 Å². The molecule has 8 aromatic rings. The monoisotopic (exact) mass is 568 g/mol. The first-order valence-corrected chi connectivity index (χ1v) is 14.5. The summed E-state index contributed by atoms with van der Waals surface area (Å²) in [6.07, 6.45) is 3.63. The molecule has 0 amide bonds. The van der Waals surface area contributed by atoms with E-state index in [-0.39, 0.29) is 0 Å². The van der Waals surface area contributed by atoms with Crippen molar-refractivity contribution in [1.29, 1.82) is 0 Å². The second kappa shape index (κ2) is 10.3. The van der Waals surface area contributed by atoms with Gasteiger partial charge < -0.3 is 20.6 Å². The summed E-state index contributed by atoms with van der Waals surface area (Å²) in [5.74, 6) is 0. The maximum Gasteiger partial charge on any atom is 0.0964 e. The lowest BCUT2D eigenvalue weighted by Crippen LogP contribution is -2.06. The van der Waals surface area contributed by atoms with Crippen LogP contribution in [0.25, 0.3) is 67.1 Å². The van der Waals surface area contributed by atoms with Gasteiger partial charge in [0.2, 0.25) is 0 Å². The number of fused-ring (bicyclic) bond motifs is 2. The van der Waals surface area contributed by atoms with Gasteiger partial charge in [0.25, 0.3) is 0 Å². The SMILES string of the molecule is Nc1c(-c2c(N)c3ccccc3n2-c2cc(-c3ccccn3)cc(-c3ccccn3)c2)n(-c2ccccc2)c2ccccc12. The average Bonchev–Trinajstić information content (AvgIpc) is 3.55. The van der Waals surface area contributed by atoms with E-state index in [1.165, 1.54) is 0 Å². The summed E-state index contributed by atoms with van der Waals surface area (Å²) in [5.41, 5.74) is 24.8. The van der Waals surface area contributed by atoms with Crippen LogP contribution in [0, 0.1) is 0 Å². The van der Waals surface area contributed by atoms with Crippen molar-refractivity contribution >= 4 is 33.2 Å². The molecule has 8 rings (SSSR count). The van der Waals surface area contributed by atoms with Gasteiger partial charge in [0.15, 0.2) is 0 Å². The predicted octanol–water partition coefficient (Wildman–Crippen LogP) is 8.53. The standard InChI is InChI=1S/C38H28N6/c39-35-29-14-4-6-18-33(29)43(27-12-2-1-3-13-27)37(35)38-36(40)30-15-5-7-19-34(30)44(38)28-23-25(31-16-8-10-20-41-31)22-26(24-28)32-17-9-11-21-42-32/h1-24H,39-40H2. The van der Waals surface area contributed by atoms with Crippen molar-refractivity contribution in [2.45, 2.75) is 0 Å². The van der Waals surface area contributed by atoms with Crippen molar-refractivity contribution in [3.63, 3.8) is 0 Å². The van der Waals surface area contributed by atoms with Crippen LogP contribution in [0.1, 0.15) is 0 Å². The zero-order chi connectivity index (χ0) is 29.6. The molecule has 0 unspecified atom stereocenters. The Labute approximate surface area is 254 Å². The van der Waals surface area contributed by atoms with Gasteiger partial charge in [-0.25, -0.2) is 0 Å². The molecule has 4 heterocycles. The molecule has 0 saturated carbocycles. The molecule has 6 heteroatoms. The normalized spacial score (nSPS) is 11.4. The van der Waals surface area contributed by atoms with Crippen LogP contribution in [0.4, 0.5) is 11.4 Å². The molecule has 4 aromatic carbocycles. The lowest BCUT2D eigenvalue weighted by Gasteiger charge is -2.18. The highest BCUT2D eigenvalue weighted by Gasteiger charge is 2.26. The quantitative estimate of drug-likeness (QED) is 0.218. The number of para-hydroxylation sites is 3. The van der Waals surface area contributed by atoms with E-state index >= 15 is 0 Å². The Bertz CT molecular complexity index is 2230. The minimum absolute atomic E-state index is 0.662. The first-order valence-electron chi connectivity index (χ1n) is 14.5. The molecule has 0 aliphatic rings. The predicted molar refractivity (Wildman–Crippen MR) is 181 cm³/mol. The number of hydrogen-bond donors (Lipinski definition) is 2. The van der Waals surface area contributed by atoms with E-state index in [4.69, 9.17) is 11.5 Å². The zero-order valence-electron chi connectivity index (χ0n) is 23.8. The van der Waals surface area contributed by atoms with E-state index in [2.05, 4.69) is 73.7 Å². The summed E-state index contributed by atoms with van der Waals surface area (Å²) in [6.45, 7) is 0. The molecule has 0 fully saturated rings. The summed E-state index contributed by atoms with van der Waals surface area (Å²) in [6, 6.07) is 45.1. The number of nitrogens with zero attached hydrogens (tertiary/aromatic N) is 4. The third-order valence-electron chi connectivity index (χ3n) is 8.16. The summed E-state index contributed by atoms with van der Waals surface area (Å²) < 4.78 is 4.45. The highest BCUT2D eigenvalue weighted by molar-refractivity contribution is 6.09. The Morgan fingerprint density at radius 1 is 0.432 bits per heavy atom. The van der Waals surface area contributed by atoms with Crippen molar-refractivity contribution in [1.82, 2.24) is 19.1 Å². The summed E-state index contributed by atoms with van der Waals surface area (Å²) in [7, 11) is 0. The lowest BCUT2D eigenvalue weighted by molar-refractivity contribution is 1.07. The van der Waals surface area contributed by atoms with Crippen molar-refractivity contribution in [2.24, 2.45) is 0 Å². The van der Waals surface area contributed by atoms with E-state index in [0.717, 1.165) is 67.1 Å². The molecule has 6 nitrogen and oxygen atoms in total. The van der Waals surface area contributed by atoms with Crippen LogP contribution in [0.5, 0.6) is 0 Å². The number of nitrogens with two attached hydrogens (primary N) is 2. The lowest BCUT2D eigenvalue weighted by atomic mass is 10.0. The molecule has 0 aliphatic carbocycles. The van der Waals surface area contributed by atoms with Crippen molar-refractivity contribution in [2.75, 3.05) is 11.5 Å². The molecule has 0 aliphatic heterocycles. The highest BCUT2D eigenvalue weighted by Crippen LogP contribution is 2.46. The van der Waals surface area contributed by atoms with Crippen molar-refractivity contribution in [3.05, 3.63) is 146 Å². The Hall–Kier alpha value is -6.14. The smallest absolute Gasteiger partial charge is 0.0964 e. The fourth-order valence-corrected chi connectivity index (χ4v) is 6.21. The maximum absolute atomic E-state index is 7.13. The third kappa shape index (κ3) is 4.04. The number of anilines is 2. The minimum Gasteiger partial charge on any atom is -0.396 e. The number of rotatable bonds is 5. The molecule has 0 atom stereocenters. The third-order valence-corrected chi connectivity index (χ3v) is 8.16. The van der Waals surface area contributed by atoms with Gasteiger partial charge in [0, 0.05) is 45.7 Å². The minimum atomic E-state index is 0.662. The molecule has 0 saturated heterocycles. The average molecular weight is 569 g/mol. The Morgan fingerprint density at radius 3 is 1.39 bits per heavy atom. The first-order chi connectivity index (χ1) is 21.7. The highest BCUT2D eigenvalue weighted by atomic mass is 15.1. The van der Waals surface area contributed by atoms with E-state index < -0.39 is 0 Å². The molecule has 44 heavy (non-hydrogen) atoms. The van der Waals surface area contributed by atoms with E-state index in [1.807, 2.05) is 91.3 Å². The van der Waals surface area contributed by atoms with Gasteiger partial charge in [0.05, 0.1) is 45.2 Å². The largest absolute Gasteiger partial charge is 0.396 e. The molecular formula is C38H28N6. The van der Waals surface area contributed by atoms with Crippen LogP contribution in [0.15, 0.2) is 146 Å². The summed E-state index contributed by atoms with van der Waals surface area (Å²) >= 11 is 0. The van der Waals surface area contributed by atoms with Crippen molar-refractivity contribution in [3.8, 4) is 45.3 Å². The maximum atomic E-state index is 7.13. The molecule has 0 radical (unpaired) electrons. The molecule has 4 N–H and O–H groups in total. The Morgan fingerprint density at radius 2 is 0.886 bits per heavy atom. The van der Waals surface area contributed by atoms with Crippen LogP contribution in [0.2, 0.25) is 0 Å². The van der Waals surface area contributed by atoms with Gasteiger partial charge >= 0.3 is 0 Å². The Balaban J connectivity index is 1.51. The number of pyridine rings is 2. The van der Waals surface area contributed by atoms with E-state index in [0.29, 0.717) is 11.4 Å². The topological polar surface area (TPSA) is 87.7 Å². The molecule has 4 aromatic heterocycles. The number of benzene rings is 4. The fourth-order valence-electron chi connectivity index (χ4n) is 6.21. The number of hydrogen-bond acceptors (Lipinski definition) is 4. The van der Waals surface area contributed by atoms with Crippen LogP contribution >= 0.6 is 0 Å². The van der Waals surface area contributed by atoms with Gasteiger partial charge in [0.1, 0.15) is 0 Å². The number of aromatic nitrogens is 4. The van der Waals surface area contributed by atoms with Crippen LogP contribution in [0.3, 0.4) is 0 Å². The Kier molecular flexibility index (Phi) is 5.98. The summed E-state index contributed by atoms with van der Waals surface area (Å²) in [5, 5.41) is 1.92. The van der Waals surface area contributed by atoms with Crippen molar-refractivity contribution < 1.29 is 0 Å². The summed E-state index contributed by atoms with van der Waals surface area (Å²) in [4.78, 5) is 9.37. The van der Waals surface area contributed by atoms with Gasteiger partial charge in [-0.15, -0.1) is 0 Å². The van der Waals surface area contributed by atoms with Gasteiger partial charge in [-0.05, 0) is 66.7 Å². The fraction of sp³-hybridized carbons (Fsp3) is 0. The molecule has 210 valence electrons. The number of nitrogen functional groups attached to an aromatic ring is 2. The van der Waals surface area contributed by atoms with Crippen LogP contribution < -0.4 is 11.5 Å². The van der Waals surface area contributed by atoms with Gasteiger partial charge in [-0.2, -0.15) is 0 Å². The van der Waals surface area contributed by atoms with Gasteiger partial charge in [-0.3, -0.25) is 9.97 Å². The molecule has 0 spiro atoms. The second-order valence-electron chi connectivity index (χ2n) is 10.8. The zero-order valence-corrected chi connectivity index (χ0v) is 23.8. The molecular weight excluding hydrogens is 540 g/mol. The van der Waals surface area contributed by atoms with Gasteiger partial charge in [-0.1, -0.05) is 66.7 Å². The van der Waals surface area contributed by atoms with Crippen LogP contribution in [-0.4, -0.2) is 19.1 Å². The molecule has 0 bridgehead atoms. The first kappa shape index (κ1) is 25.6. The second-order valence-corrected chi connectivity index (χ2v) is 10.8. The van der Waals surface area contributed by atoms with E-state index in [9.17, 15) is 0 Å². The van der Waals surface area contributed by atoms with E-state index in [1.54, 1.807) is 0 Å².